The summed E-state index contributed by atoms with van der Waals surface area (Å²) in [6.45, 7) is 5.24. The van der Waals surface area contributed by atoms with Gasteiger partial charge in [-0.05, 0) is 35.9 Å². The van der Waals surface area contributed by atoms with Crippen molar-refractivity contribution >= 4 is 29.0 Å². The van der Waals surface area contributed by atoms with Crippen molar-refractivity contribution in [2.75, 3.05) is 6.61 Å². The van der Waals surface area contributed by atoms with Gasteiger partial charge in [0.2, 0.25) is 0 Å². The maximum atomic E-state index is 10.8. The van der Waals surface area contributed by atoms with E-state index in [1.54, 1.807) is 11.3 Å². The number of ether oxygens (including phenoxy) is 1. The van der Waals surface area contributed by atoms with Gasteiger partial charge in [0.15, 0.2) is 6.29 Å². The van der Waals surface area contributed by atoms with Crippen LogP contribution in [0.25, 0.3) is 9.75 Å². The highest BCUT2D eigenvalue weighted by Gasteiger charge is 2.13. The van der Waals surface area contributed by atoms with Crippen LogP contribution in [0.5, 0.6) is 5.75 Å². The van der Waals surface area contributed by atoms with Crippen molar-refractivity contribution in [3.05, 3.63) is 28.5 Å². The van der Waals surface area contributed by atoms with E-state index in [1.165, 1.54) is 30.6 Å². The molecule has 1 atom stereocenters. The molecule has 0 saturated heterocycles. The van der Waals surface area contributed by atoms with E-state index in [0.29, 0.717) is 5.92 Å². The van der Waals surface area contributed by atoms with Crippen molar-refractivity contribution in [2.45, 2.75) is 39.5 Å². The van der Waals surface area contributed by atoms with Crippen LogP contribution in [-0.2, 0) is 0 Å². The zero-order valence-corrected chi connectivity index (χ0v) is 14.3. The van der Waals surface area contributed by atoms with Gasteiger partial charge in [-0.2, -0.15) is 0 Å². The summed E-state index contributed by atoms with van der Waals surface area (Å²) in [5.41, 5.74) is 0. The second kappa shape index (κ2) is 8.35. The number of carbonyl (C=O) groups is 1. The molecule has 0 saturated carbocycles. The summed E-state index contributed by atoms with van der Waals surface area (Å²) in [4.78, 5) is 13.8. The molecule has 0 aliphatic heterocycles. The maximum Gasteiger partial charge on any atom is 0.160 e. The van der Waals surface area contributed by atoms with Gasteiger partial charge in [0.05, 0.1) is 16.4 Å². The Morgan fingerprint density at radius 3 is 2.81 bits per heavy atom. The lowest BCUT2D eigenvalue weighted by molar-refractivity contribution is 0.112. The molecule has 0 aliphatic carbocycles. The Labute approximate surface area is 134 Å². The van der Waals surface area contributed by atoms with Crippen LogP contribution in [0.15, 0.2) is 23.6 Å². The molecule has 0 fully saturated rings. The normalized spacial score (nSPS) is 12.3. The Bertz CT molecular complexity index is 557. The van der Waals surface area contributed by atoms with Crippen molar-refractivity contribution in [3.63, 3.8) is 0 Å². The molecule has 0 radical (unpaired) electrons. The summed E-state index contributed by atoms with van der Waals surface area (Å²) >= 11 is 3.19. The lowest BCUT2D eigenvalue weighted by atomic mass is 10.0. The van der Waals surface area contributed by atoms with Crippen LogP contribution in [0, 0.1) is 5.92 Å². The highest BCUT2D eigenvalue weighted by atomic mass is 32.1. The highest BCUT2D eigenvalue weighted by molar-refractivity contribution is 7.22. The van der Waals surface area contributed by atoms with Crippen molar-refractivity contribution < 1.29 is 9.53 Å². The minimum absolute atomic E-state index is 0.631. The van der Waals surface area contributed by atoms with Gasteiger partial charge in [0.25, 0.3) is 0 Å². The summed E-state index contributed by atoms with van der Waals surface area (Å²) in [5.74, 6) is 1.58. The zero-order chi connectivity index (χ0) is 15.1. The number of rotatable bonds is 9. The van der Waals surface area contributed by atoms with E-state index in [9.17, 15) is 4.79 Å². The Morgan fingerprint density at radius 1 is 1.29 bits per heavy atom. The molecule has 2 aromatic rings. The minimum atomic E-state index is 0.631. The first-order valence-electron chi connectivity index (χ1n) is 7.54. The van der Waals surface area contributed by atoms with Crippen molar-refractivity contribution in [2.24, 2.45) is 5.92 Å². The van der Waals surface area contributed by atoms with Crippen molar-refractivity contribution in [3.8, 4) is 15.5 Å². The van der Waals surface area contributed by atoms with Gasteiger partial charge in [-0.15, -0.1) is 22.7 Å². The predicted molar refractivity (Wildman–Crippen MR) is 91.8 cm³/mol. The van der Waals surface area contributed by atoms with Gasteiger partial charge < -0.3 is 4.74 Å². The summed E-state index contributed by atoms with van der Waals surface area (Å²) in [6, 6.07) is 5.90. The first-order valence-corrected chi connectivity index (χ1v) is 9.23. The molecular weight excluding hydrogens is 300 g/mol. The Balaban J connectivity index is 2.01. The molecule has 21 heavy (non-hydrogen) atoms. The standard InChI is InChI=1S/C17H22O2S2/c1-3-5-6-13(4-2)12-19-15-9-10-20-17(15)16-8-7-14(11-18)21-16/h7-11,13H,3-6,12H2,1-2H3. The number of hydrogen-bond donors (Lipinski definition) is 0. The third-order valence-electron chi connectivity index (χ3n) is 3.61. The van der Waals surface area contributed by atoms with Crippen LogP contribution in [0.1, 0.15) is 49.2 Å². The molecule has 0 bridgehead atoms. The summed E-state index contributed by atoms with van der Waals surface area (Å²) in [7, 11) is 0. The number of unbranched alkanes of at least 4 members (excludes halogenated alkanes) is 1. The maximum absolute atomic E-state index is 10.8. The first kappa shape index (κ1) is 16.2. The second-order valence-electron chi connectivity index (χ2n) is 5.16. The molecule has 114 valence electrons. The highest BCUT2D eigenvalue weighted by Crippen LogP contribution is 2.39. The molecule has 2 heterocycles. The average molecular weight is 322 g/mol. The molecular formula is C17H22O2S2. The van der Waals surface area contributed by atoms with Crippen molar-refractivity contribution in [1.82, 2.24) is 0 Å². The van der Waals surface area contributed by atoms with Crippen LogP contribution < -0.4 is 4.74 Å². The number of aldehydes is 1. The molecule has 2 rings (SSSR count). The van der Waals surface area contributed by atoms with Crippen LogP contribution in [-0.4, -0.2) is 12.9 Å². The lowest BCUT2D eigenvalue weighted by Crippen LogP contribution is -2.11. The summed E-state index contributed by atoms with van der Waals surface area (Å²) in [6.07, 6.45) is 5.81. The smallest absolute Gasteiger partial charge is 0.160 e. The average Bonchev–Trinajstić information content (AvgIpc) is 3.15. The Hall–Kier alpha value is -1.13. The first-order chi connectivity index (χ1) is 10.3. The zero-order valence-electron chi connectivity index (χ0n) is 12.6. The van der Waals surface area contributed by atoms with Gasteiger partial charge in [-0.25, -0.2) is 0 Å². The molecule has 0 amide bonds. The van der Waals surface area contributed by atoms with E-state index in [4.69, 9.17) is 4.74 Å². The van der Waals surface area contributed by atoms with Crippen LogP contribution >= 0.6 is 22.7 Å². The molecule has 1 unspecified atom stereocenters. The molecule has 0 spiro atoms. The fourth-order valence-electron chi connectivity index (χ4n) is 2.23. The molecule has 0 aromatic carbocycles. The van der Waals surface area contributed by atoms with Gasteiger partial charge >= 0.3 is 0 Å². The van der Waals surface area contributed by atoms with Crippen LogP contribution in [0.3, 0.4) is 0 Å². The SMILES string of the molecule is CCCCC(CC)COc1ccsc1-c1ccc(C=O)s1. The van der Waals surface area contributed by atoms with E-state index in [0.717, 1.165) is 39.7 Å². The monoisotopic (exact) mass is 322 g/mol. The largest absolute Gasteiger partial charge is 0.492 e. The van der Waals surface area contributed by atoms with E-state index < -0.39 is 0 Å². The Morgan fingerprint density at radius 2 is 2.14 bits per heavy atom. The number of thiophene rings is 2. The minimum Gasteiger partial charge on any atom is -0.492 e. The van der Waals surface area contributed by atoms with E-state index >= 15 is 0 Å². The molecule has 0 aliphatic rings. The predicted octanol–water partition coefficient (Wildman–Crippen LogP) is 5.88. The van der Waals surface area contributed by atoms with Crippen LogP contribution in [0.4, 0.5) is 0 Å². The topological polar surface area (TPSA) is 26.3 Å². The summed E-state index contributed by atoms with van der Waals surface area (Å²) in [5, 5.41) is 2.05. The van der Waals surface area contributed by atoms with Crippen molar-refractivity contribution in [1.29, 1.82) is 0 Å². The number of hydrogen-bond acceptors (Lipinski definition) is 4. The lowest BCUT2D eigenvalue weighted by Gasteiger charge is -2.15. The summed E-state index contributed by atoms with van der Waals surface area (Å²) < 4.78 is 6.05. The Kier molecular flexibility index (Phi) is 6.46. The third kappa shape index (κ3) is 4.42. The fourth-order valence-corrected chi connectivity index (χ4v) is 4.03. The van der Waals surface area contributed by atoms with E-state index in [2.05, 4.69) is 19.2 Å². The molecule has 2 aromatic heterocycles. The van der Waals surface area contributed by atoms with E-state index in [-0.39, 0.29) is 0 Å². The quantitative estimate of drug-likeness (QED) is 0.538. The van der Waals surface area contributed by atoms with Gasteiger partial charge in [0.1, 0.15) is 5.75 Å². The number of carbonyl (C=O) groups excluding carboxylic acids is 1. The second-order valence-corrected chi connectivity index (χ2v) is 7.19. The molecule has 0 N–H and O–H groups in total. The molecule has 2 nitrogen and oxygen atoms in total. The third-order valence-corrected chi connectivity index (χ3v) is 5.70. The van der Waals surface area contributed by atoms with Gasteiger partial charge in [-0.1, -0.05) is 33.1 Å². The van der Waals surface area contributed by atoms with Gasteiger partial charge in [0, 0.05) is 4.88 Å². The van der Waals surface area contributed by atoms with Crippen LogP contribution in [0.2, 0.25) is 0 Å². The van der Waals surface area contributed by atoms with E-state index in [1.807, 2.05) is 18.2 Å². The molecule has 4 heteroatoms. The van der Waals surface area contributed by atoms with Gasteiger partial charge in [-0.3, -0.25) is 4.79 Å². The fraction of sp³-hybridized carbons (Fsp3) is 0.471.